The van der Waals surface area contributed by atoms with E-state index in [1.165, 1.54) is 24.3 Å². The van der Waals surface area contributed by atoms with Gasteiger partial charge in [0.2, 0.25) is 0 Å². The van der Waals surface area contributed by atoms with Crippen LogP contribution in [0.15, 0.2) is 48.5 Å². The monoisotopic (exact) mass is 274 g/mol. The summed E-state index contributed by atoms with van der Waals surface area (Å²) in [7, 11) is 0. The lowest BCUT2D eigenvalue weighted by molar-refractivity contribution is 0.104. The summed E-state index contributed by atoms with van der Waals surface area (Å²) in [5.41, 5.74) is 0.695. The molecular formula is C15H11ClO3. The van der Waals surface area contributed by atoms with Crippen molar-refractivity contribution >= 4 is 23.5 Å². The average Bonchev–Trinajstić information content (AvgIpc) is 2.38. The maximum absolute atomic E-state index is 11.9. The second kappa shape index (κ2) is 5.59. The van der Waals surface area contributed by atoms with Gasteiger partial charge in [-0.2, -0.15) is 0 Å². The molecule has 0 amide bonds. The van der Waals surface area contributed by atoms with E-state index in [9.17, 15) is 15.0 Å². The van der Waals surface area contributed by atoms with Crippen LogP contribution in [0, 0.1) is 0 Å². The van der Waals surface area contributed by atoms with E-state index >= 15 is 0 Å². The van der Waals surface area contributed by atoms with E-state index in [4.69, 9.17) is 11.6 Å². The molecule has 19 heavy (non-hydrogen) atoms. The van der Waals surface area contributed by atoms with Crippen molar-refractivity contribution in [1.82, 2.24) is 0 Å². The van der Waals surface area contributed by atoms with Crippen molar-refractivity contribution in [2.24, 2.45) is 0 Å². The molecule has 4 heteroatoms. The van der Waals surface area contributed by atoms with Crippen LogP contribution >= 0.6 is 11.6 Å². The van der Waals surface area contributed by atoms with Crippen LogP contribution in [0.3, 0.4) is 0 Å². The molecule has 0 radical (unpaired) electrons. The molecule has 0 unspecified atom stereocenters. The van der Waals surface area contributed by atoms with Gasteiger partial charge in [-0.3, -0.25) is 4.79 Å². The van der Waals surface area contributed by atoms with Crippen molar-refractivity contribution in [3.05, 3.63) is 64.7 Å². The summed E-state index contributed by atoms with van der Waals surface area (Å²) in [5, 5.41) is 19.7. The van der Waals surface area contributed by atoms with Crippen molar-refractivity contribution in [1.29, 1.82) is 0 Å². The minimum atomic E-state index is -0.467. The summed E-state index contributed by atoms with van der Waals surface area (Å²) >= 11 is 5.75. The third-order valence-electron chi connectivity index (χ3n) is 2.56. The number of hydrogen-bond acceptors (Lipinski definition) is 3. The molecule has 96 valence electrons. The van der Waals surface area contributed by atoms with Crippen LogP contribution in [0.5, 0.6) is 11.5 Å². The Morgan fingerprint density at radius 1 is 1.00 bits per heavy atom. The fourth-order valence-corrected chi connectivity index (χ4v) is 1.74. The number of halogens is 1. The van der Waals surface area contributed by atoms with Crippen LogP contribution in [-0.2, 0) is 0 Å². The Kier molecular flexibility index (Phi) is 3.88. The van der Waals surface area contributed by atoms with Crippen molar-refractivity contribution in [3.63, 3.8) is 0 Å². The third kappa shape index (κ3) is 3.14. The van der Waals surface area contributed by atoms with Gasteiger partial charge in [-0.1, -0.05) is 35.9 Å². The zero-order valence-electron chi connectivity index (χ0n) is 9.88. The molecule has 0 atom stereocenters. The highest BCUT2D eigenvalue weighted by atomic mass is 35.5. The Bertz CT molecular complexity index is 610. The van der Waals surface area contributed by atoms with Crippen LogP contribution in [0.25, 0.3) is 6.08 Å². The third-order valence-corrected chi connectivity index (χ3v) is 2.82. The van der Waals surface area contributed by atoms with Crippen LogP contribution in [0.2, 0.25) is 5.02 Å². The van der Waals surface area contributed by atoms with Crippen LogP contribution in [0.1, 0.15) is 15.9 Å². The lowest BCUT2D eigenvalue weighted by Crippen LogP contribution is -1.95. The van der Waals surface area contributed by atoms with Gasteiger partial charge >= 0.3 is 0 Å². The number of allylic oxidation sites excluding steroid dienone is 1. The number of rotatable bonds is 3. The molecule has 0 saturated heterocycles. The molecule has 0 spiro atoms. The molecule has 0 fully saturated rings. The summed E-state index contributed by atoms with van der Waals surface area (Å²) in [6, 6.07) is 11.1. The molecule has 0 aliphatic carbocycles. The van der Waals surface area contributed by atoms with Crippen LogP contribution < -0.4 is 0 Å². The summed E-state index contributed by atoms with van der Waals surface area (Å²) in [5.74, 6) is -0.956. The molecular weight excluding hydrogens is 264 g/mol. The van der Waals surface area contributed by atoms with E-state index in [-0.39, 0.29) is 17.1 Å². The fourth-order valence-electron chi connectivity index (χ4n) is 1.61. The topological polar surface area (TPSA) is 57.5 Å². The van der Waals surface area contributed by atoms with Crippen LogP contribution in [-0.4, -0.2) is 16.0 Å². The second-order valence-electron chi connectivity index (χ2n) is 3.92. The van der Waals surface area contributed by atoms with Crippen molar-refractivity contribution in [3.8, 4) is 11.5 Å². The summed E-state index contributed by atoms with van der Waals surface area (Å²) in [4.78, 5) is 11.9. The van der Waals surface area contributed by atoms with Gasteiger partial charge in [-0.05, 0) is 35.9 Å². The smallest absolute Gasteiger partial charge is 0.193 e. The first-order valence-electron chi connectivity index (χ1n) is 5.57. The molecule has 2 aromatic carbocycles. The Balaban J connectivity index is 2.24. The lowest BCUT2D eigenvalue weighted by Gasteiger charge is -2.02. The number of phenolic OH excluding ortho intramolecular Hbond substituents is 2. The van der Waals surface area contributed by atoms with E-state index in [1.807, 2.05) is 0 Å². The number of phenols is 2. The summed E-state index contributed by atoms with van der Waals surface area (Å²) in [6.07, 6.45) is 2.88. The first-order chi connectivity index (χ1) is 9.08. The minimum Gasteiger partial charge on any atom is -0.507 e. The molecule has 0 aliphatic rings. The van der Waals surface area contributed by atoms with Gasteiger partial charge in [0, 0.05) is 5.02 Å². The van der Waals surface area contributed by atoms with Crippen molar-refractivity contribution < 1.29 is 15.0 Å². The summed E-state index contributed by atoms with van der Waals surface area (Å²) in [6.45, 7) is 0. The molecule has 0 saturated carbocycles. The van der Waals surface area contributed by atoms with Gasteiger partial charge in [-0.15, -0.1) is 0 Å². The highest BCUT2D eigenvalue weighted by Crippen LogP contribution is 2.27. The predicted molar refractivity (Wildman–Crippen MR) is 74.6 cm³/mol. The van der Waals surface area contributed by atoms with Gasteiger partial charge in [0.15, 0.2) is 5.78 Å². The summed E-state index contributed by atoms with van der Waals surface area (Å²) < 4.78 is 0. The number of benzene rings is 2. The normalized spacial score (nSPS) is 10.8. The quantitative estimate of drug-likeness (QED) is 0.663. The lowest BCUT2D eigenvalue weighted by atomic mass is 10.1. The van der Waals surface area contributed by atoms with Crippen LogP contribution in [0.4, 0.5) is 0 Å². The number of carbonyl (C=O) groups is 1. The average molecular weight is 275 g/mol. The second-order valence-corrected chi connectivity index (χ2v) is 4.36. The molecule has 0 heterocycles. The van der Waals surface area contributed by atoms with E-state index in [0.717, 1.165) is 5.56 Å². The molecule has 0 aromatic heterocycles. The molecule has 0 bridgehead atoms. The van der Waals surface area contributed by atoms with E-state index in [1.54, 1.807) is 30.3 Å². The zero-order chi connectivity index (χ0) is 13.8. The first-order valence-corrected chi connectivity index (χ1v) is 5.94. The Hall–Kier alpha value is -2.26. The Labute approximate surface area is 115 Å². The number of ketones is 1. The van der Waals surface area contributed by atoms with Gasteiger partial charge in [0.05, 0.1) is 0 Å². The van der Waals surface area contributed by atoms with Crippen molar-refractivity contribution in [2.45, 2.75) is 0 Å². The minimum absolute atomic E-state index is 0.104. The molecule has 2 aromatic rings. The van der Waals surface area contributed by atoms with Gasteiger partial charge < -0.3 is 10.2 Å². The largest absolute Gasteiger partial charge is 0.507 e. The number of hydrogen-bond donors (Lipinski definition) is 2. The van der Waals surface area contributed by atoms with Gasteiger partial charge in [0.25, 0.3) is 0 Å². The highest BCUT2D eigenvalue weighted by molar-refractivity contribution is 6.30. The number of aromatic hydroxyl groups is 2. The Morgan fingerprint density at radius 2 is 1.58 bits per heavy atom. The van der Waals surface area contributed by atoms with E-state index in [0.29, 0.717) is 5.02 Å². The van der Waals surface area contributed by atoms with Gasteiger partial charge in [-0.25, -0.2) is 0 Å². The van der Waals surface area contributed by atoms with E-state index < -0.39 is 5.78 Å². The zero-order valence-corrected chi connectivity index (χ0v) is 10.6. The SMILES string of the molecule is O=C(/C=C/c1ccc(Cl)cc1)c1c(O)cccc1O. The standard InChI is InChI=1S/C15H11ClO3/c16-11-7-4-10(5-8-11)6-9-14(19)15-12(17)2-1-3-13(15)18/h1-9,17-18H/b9-6+. The van der Waals surface area contributed by atoms with Crippen molar-refractivity contribution in [2.75, 3.05) is 0 Å². The number of carbonyl (C=O) groups excluding carboxylic acids is 1. The maximum atomic E-state index is 11.9. The first kappa shape index (κ1) is 13.2. The predicted octanol–water partition coefficient (Wildman–Crippen LogP) is 3.65. The molecule has 3 nitrogen and oxygen atoms in total. The van der Waals surface area contributed by atoms with E-state index in [2.05, 4.69) is 0 Å². The Morgan fingerprint density at radius 3 is 2.16 bits per heavy atom. The molecule has 2 rings (SSSR count). The fraction of sp³-hybridized carbons (Fsp3) is 0. The maximum Gasteiger partial charge on any atom is 0.193 e. The molecule has 0 aliphatic heterocycles. The van der Waals surface area contributed by atoms with Gasteiger partial charge in [0.1, 0.15) is 17.1 Å². The highest BCUT2D eigenvalue weighted by Gasteiger charge is 2.12. The molecule has 2 N–H and O–H groups in total.